The first-order chi connectivity index (χ1) is 6.27. The van der Waals surface area contributed by atoms with Crippen molar-refractivity contribution in [1.29, 1.82) is 5.26 Å². The van der Waals surface area contributed by atoms with E-state index in [0.717, 1.165) is 25.9 Å². The van der Waals surface area contributed by atoms with Gasteiger partial charge >= 0.3 is 0 Å². The molecule has 1 atom stereocenters. The predicted octanol–water partition coefficient (Wildman–Crippen LogP) is 1.32. The van der Waals surface area contributed by atoms with Gasteiger partial charge in [0.1, 0.15) is 0 Å². The van der Waals surface area contributed by atoms with Gasteiger partial charge in [0.05, 0.1) is 6.07 Å². The fourth-order valence-electron chi connectivity index (χ4n) is 1.69. The molecule has 0 bridgehead atoms. The number of piperidine rings is 1. The highest BCUT2D eigenvalue weighted by Gasteiger charge is 2.21. The van der Waals surface area contributed by atoms with E-state index in [1.807, 2.05) is 0 Å². The Kier molecular flexibility index (Phi) is 3.51. The van der Waals surface area contributed by atoms with Gasteiger partial charge in [-0.3, -0.25) is 4.79 Å². The van der Waals surface area contributed by atoms with Crippen molar-refractivity contribution in [2.75, 3.05) is 13.1 Å². The molecule has 0 aliphatic carbocycles. The van der Waals surface area contributed by atoms with Crippen molar-refractivity contribution in [2.45, 2.75) is 19.3 Å². The second-order valence-electron chi connectivity index (χ2n) is 3.36. The maximum absolute atomic E-state index is 11.2. The number of nitrogens with zero attached hydrogens (tertiary/aromatic N) is 2. The molecule has 0 spiro atoms. The third-order valence-corrected chi connectivity index (χ3v) is 2.39. The van der Waals surface area contributed by atoms with Crippen molar-refractivity contribution < 1.29 is 4.79 Å². The lowest BCUT2D eigenvalue weighted by molar-refractivity contribution is -0.127. The maximum atomic E-state index is 11.2. The Labute approximate surface area is 78.6 Å². The highest BCUT2D eigenvalue weighted by atomic mass is 16.2. The zero-order valence-corrected chi connectivity index (χ0v) is 7.70. The summed E-state index contributed by atoms with van der Waals surface area (Å²) in [5.41, 5.74) is 0. The molecule has 13 heavy (non-hydrogen) atoms. The van der Waals surface area contributed by atoms with Crippen molar-refractivity contribution in [1.82, 2.24) is 4.90 Å². The molecular weight excluding hydrogens is 164 g/mol. The van der Waals surface area contributed by atoms with Crippen LogP contribution in [-0.2, 0) is 4.79 Å². The number of carbonyl (C=O) groups excluding carboxylic acids is 1. The fourth-order valence-corrected chi connectivity index (χ4v) is 1.69. The van der Waals surface area contributed by atoms with Crippen LogP contribution >= 0.6 is 0 Å². The number of likely N-dealkylation sites (tertiary alicyclic amines) is 1. The maximum Gasteiger partial charge on any atom is 0.245 e. The average molecular weight is 178 g/mol. The Balaban J connectivity index is 2.47. The lowest BCUT2D eigenvalue weighted by Gasteiger charge is -2.30. The molecule has 0 N–H and O–H groups in total. The van der Waals surface area contributed by atoms with Gasteiger partial charge in [-0.05, 0) is 24.8 Å². The van der Waals surface area contributed by atoms with E-state index in [0.29, 0.717) is 12.3 Å². The van der Waals surface area contributed by atoms with Crippen LogP contribution < -0.4 is 0 Å². The minimum atomic E-state index is -0.0114. The summed E-state index contributed by atoms with van der Waals surface area (Å²) in [5, 5.41) is 8.53. The SMILES string of the molecule is C=CC(=O)N1CCCC(CC#N)C1. The third kappa shape index (κ3) is 2.59. The average Bonchev–Trinajstić information content (AvgIpc) is 2.18. The van der Waals surface area contributed by atoms with Crippen molar-refractivity contribution in [3.05, 3.63) is 12.7 Å². The van der Waals surface area contributed by atoms with Gasteiger partial charge in [0.25, 0.3) is 0 Å². The van der Waals surface area contributed by atoms with Crippen molar-refractivity contribution in [2.24, 2.45) is 5.92 Å². The standard InChI is InChI=1S/C10H14N2O/c1-2-10(13)12-7-3-4-9(8-12)5-6-11/h2,9H,1,3-5,7-8H2. The number of rotatable bonds is 2. The predicted molar refractivity (Wildman–Crippen MR) is 49.7 cm³/mol. The van der Waals surface area contributed by atoms with E-state index >= 15 is 0 Å². The smallest absolute Gasteiger partial charge is 0.245 e. The van der Waals surface area contributed by atoms with Gasteiger partial charge in [0.2, 0.25) is 5.91 Å². The van der Waals surface area contributed by atoms with Crippen LogP contribution in [-0.4, -0.2) is 23.9 Å². The first-order valence-corrected chi connectivity index (χ1v) is 4.56. The van der Waals surface area contributed by atoms with Crippen LogP contribution in [0.3, 0.4) is 0 Å². The monoisotopic (exact) mass is 178 g/mol. The van der Waals surface area contributed by atoms with E-state index in [-0.39, 0.29) is 5.91 Å². The minimum Gasteiger partial charge on any atom is -0.339 e. The Hall–Kier alpha value is -1.30. The Morgan fingerprint density at radius 3 is 3.15 bits per heavy atom. The summed E-state index contributed by atoms with van der Waals surface area (Å²) in [6, 6.07) is 2.15. The summed E-state index contributed by atoms with van der Waals surface area (Å²) in [5.74, 6) is 0.352. The van der Waals surface area contributed by atoms with Gasteiger partial charge in [0.15, 0.2) is 0 Å². The summed E-state index contributed by atoms with van der Waals surface area (Å²) in [6.45, 7) is 4.98. The lowest BCUT2D eigenvalue weighted by Crippen LogP contribution is -2.38. The van der Waals surface area contributed by atoms with Gasteiger partial charge in [-0.25, -0.2) is 0 Å². The van der Waals surface area contributed by atoms with Gasteiger partial charge in [-0.15, -0.1) is 0 Å². The largest absolute Gasteiger partial charge is 0.339 e. The van der Waals surface area contributed by atoms with Gasteiger partial charge in [-0.1, -0.05) is 6.58 Å². The summed E-state index contributed by atoms with van der Waals surface area (Å²) >= 11 is 0. The molecule has 0 radical (unpaired) electrons. The zero-order valence-electron chi connectivity index (χ0n) is 7.70. The molecule has 1 aliphatic heterocycles. The van der Waals surface area contributed by atoms with Gasteiger partial charge < -0.3 is 4.90 Å². The Bertz CT molecular complexity index is 242. The summed E-state index contributed by atoms with van der Waals surface area (Å²) < 4.78 is 0. The van der Waals surface area contributed by atoms with E-state index in [2.05, 4.69) is 12.6 Å². The molecule has 0 aromatic heterocycles. The molecule has 1 aliphatic rings. The fraction of sp³-hybridized carbons (Fsp3) is 0.600. The molecule has 0 aromatic carbocycles. The van der Waals surface area contributed by atoms with Gasteiger partial charge in [-0.2, -0.15) is 5.26 Å². The molecule has 70 valence electrons. The van der Waals surface area contributed by atoms with Crippen LogP contribution in [0.2, 0.25) is 0 Å². The number of hydrogen-bond donors (Lipinski definition) is 0. The van der Waals surface area contributed by atoms with Crippen molar-refractivity contribution in [3.63, 3.8) is 0 Å². The van der Waals surface area contributed by atoms with E-state index in [1.54, 1.807) is 4.90 Å². The third-order valence-electron chi connectivity index (χ3n) is 2.39. The molecule has 1 rings (SSSR count). The quantitative estimate of drug-likeness (QED) is 0.599. The van der Waals surface area contributed by atoms with E-state index in [9.17, 15) is 4.79 Å². The molecule has 1 fully saturated rings. The first-order valence-electron chi connectivity index (χ1n) is 4.56. The number of hydrogen-bond acceptors (Lipinski definition) is 2. The molecule has 0 aromatic rings. The topological polar surface area (TPSA) is 44.1 Å². The normalized spacial score (nSPS) is 22.1. The molecule has 1 amide bonds. The van der Waals surface area contributed by atoms with Crippen LogP contribution in [0, 0.1) is 17.2 Å². The van der Waals surface area contributed by atoms with E-state index in [1.165, 1.54) is 6.08 Å². The number of amides is 1. The molecule has 0 saturated carbocycles. The molecule has 1 heterocycles. The van der Waals surface area contributed by atoms with Crippen LogP contribution in [0.4, 0.5) is 0 Å². The number of nitriles is 1. The van der Waals surface area contributed by atoms with Crippen LogP contribution in [0.25, 0.3) is 0 Å². The van der Waals surface area contributed by atoms with Gasteiger partial charge in [0, 0.05) is 19.5 Å². The van der Waals surface area contributed by atoms with Crippen LogP contribution in [0.5, 0.6) is 0 Å². The van der Waals surface area contributed by atoms with E-state index < -0.39 is 0 Å². The highest BCUT2D eigenvalue weighted by Crippen LogP contribution is 2.18. The molecular formula is C10H14N2O. The second kappa shape index (κ2) is 4.66. The van der Waals surface area contributed by atoms with Crippen molar-refractivity contribution in [3.8, 4) is 6.07 Å². The zero-order chi connectivity index (χ0) is 9.68. The van der Waals surface area contributed by atoms with E-state index in [4.69, 9.17) is 5.26 Å². The Morgan fingerprint density at radius 2 is 2.54 bits per heavy atom. The second-order valence-corrected chi connectivity index (χ2v) is 3.36. The van der Waals surface area contributed by atoms with Crippen LogP contribution in [0.1, 0.15) is 19.3 Å². The first kappa shape index (κ1) is 9.79. The van der Waals surface area contributed by atoms with Crippen molar-refractivity contribution >= 4 is 5.91 Å². The molecule has 3 nitrogen and oxygen atoms in total. The molecule has 1 saturated heterocycles. The summed E-state index contributed by atoms with van der Waals surface area (Å²) in [6.07, 6.45) is 3.97. The summed E-state index contributed by atoms with van der Waals surface area (Å²) in [7, 11) is 0. The molecule has 3 heteroatoms. The van der Waals surface area contributed by atoms with Crippen LogP contribution in [0.15, 0.2) is 12.7 Å². The minimum absolute atomic E-state index is 0.0114. The molecule has 1 unspecified atom stereocenters. The summed E-state index contributed by atoms with van der Waals surface area (Å²) in [4.78, 5) is 13.0. The highest BCUT2D eigenvalue weighted by molar-refractivity contribution is 5.87. The number of carbonyl (C=O) groups is 1. The Morgan fingerprint density at radius 1 is 1.77 bits per heavy atom. The lowest BCUT2D eigenvalue weighted by atomic mass is 9.95.